The molecule has 0 fully saturated rings. The SMILES string of the molecule is CCS(=O)(=O)[C@@H]1c2cc([N+](=O)[O-])ccc2O[C@H]1O. The molecule has 18 heavy (non-hydrogen) atoms. The Morgan fingerprint density at radius 1 is 1.50 bits per heavy atom. The number of rotatable bonds is 3. The molecule has 2 rings (SSSR count). The normalized spacial score (nSPS) is 22.3. The summed E-state index contributed by atoms with van der Waals surface area (Å²) in [5.41, 5.74) is -0.0960. The molecule has 0 aliphatic carbocycles. The molecule has 1 aliphatic heterocycles. The second kappa shape index (κ2) is 4.21. The summed E-state index contributed by atoms with van der Waals surface area (Å²) in [6, 6.07) is 3.62. The standard InChI is InChI=1S/C10H11NO6S/c1-2-18(15,16)9-7-5-6(11(13)14)3-4-8(7)17-10(9)12/h3-5,9-10,12H,2H2,1H3/t9-,10-/m1/s1. The van der Waals surface area contributed by atoms with E-state index in [2.05, 4.69) is 0 Å². The molecule has 98 valence electrons. The van der Waals surface area contributed by atoms with Gasteiger partial charge in [0, 0.05) is 23.4 Å². The zero-order chi connectivity index (χ0) is 13.5. The Kier molecular flexibility index (Phi) is 2.99. The van der Waals surface area contributed by atoms with Crippen LogP contribution in [0.5, 0.6) is 5.75 Å². The van der Waals surface area contributed by atoms with E-state index in [0.29, 0.717) is 0 Å². The van der Waals surface area contributed by atoms with Gasteiger partial charge in [-0.25, -0.2) is 8.42 Å². The predicted molar refractivity (Wildman–Crippen MR) is 61.9 cm³/mol. The zero-order valence-corrected chi connectivity index (χ0v) is 10.3. The largest absolute Gasteiger partial charge is 0.463 e. The van der Waals surface area contributed by atoms with Crippen LogP contribution in [0.1, 0.15) is 17.7 Å². The Labute approximate surface area is 103 Å². The van der Waals surface area contributed by atoms with Gasteiger partial charge in [0.15, 0.2) is 15.1 Å². The van der Waals surface area contributed by atoms with Gasteiger partial charge in [-0.1, -0.05) is 6.92 Å². The number of hydrogen-bond acceptors (Lipinski definition) is 6. The molecule has 1 aliphatic rings. The van der Waals surface area contributed by atoms with Gasteiger partial charge in [-0.05, 0) is 6.07 Å². The van der Waals surface area contributed by atoms with Gasteiger partial charge in [0.2, 0.25) is 6.29 Å². The van der Waals surface area contributed by atoms with Crippen molar-refractivity contribution < 1.29 is 23.2 Å². The Bertz CT molecular complexity index is 596. The minimum atomic E-state index is -3.60. The minimum absolute atomic E-state index is 0.138. The number of hydrogen-bond donors (Lipinski definition) is 1. The first-order valence-corrected chi connectivity index (χ1v) is 6.93. The van der Waals surface area contributed by atoms with Crippen LogP contribution in [0, 0.1) is 10.1 Å². The lowest BCUT2D eigenvalue weighted by Crippen LogP contribution is -2.26. The highest BCUT2D eigenvalue weighted by atomic mass is 32.2. The minimum Gasteiger partial charge on any atom is -0.463 e. The van der Waals surface area contributed by atoms with Crippen molar-refractivity contribution in [2.24, 2.45) is 0 Å². The van der Waals surface area contributed by atoms with Crippen LogP contribution in [0.4, 0.5) is 5.69 Å². The van der Waals surface area contributed by atoms with Crippen molar-refractivity contribution in [3.63, 3.8) is 0 Å². The van der Waals surface area contributed by atoms with E-state index in [-0.39, 0.29) is 22.8 Å². The molecule has 8 heteroatoms. The maximum Gasteiger partial charge on any atom is 0.270 e. The average molecular weight is 273 g/mol. The van der Waals surface area contributed by atoms with Crippen LogP contribution in [-0.4, -0.2) is 30.5 Å². The molecule has 0 radical (unpaired) electrons. The summed E-state index contributed by atoms with van der Waals surface area (Å²) in [6.07, 6.45) is -1.52. The maximum absolute atomic E-state index is 11.8. The number of ether oxygens (including phenoxy) is 1. The van der Waals surface area contributed by atoms with Gasteiger partial charge in [-0.3, -0.25) is 10.1 Å². The monoisotopic (exact) mass is 273 g/mol. The van der Waals surface area contributed by atoms with Crippen LogP contribution >= 0.6 is 0 Å². The van der Waals surface area contributed by atoms with E-state index >= 15 is 0 Å². The summed E-state index contributed by atoms with van der Waals surface area (Å²) in [6.45, 7) is 1.44. The average Bonchev–Trinajstić information content (AvgIpc) is 2.64. The number of nitro groups is 1. The Hall–Kier alpha value is -1.67. The fourth-order valence-corrected chi connectivity index (χ4v) is 3.22. The third-order valence-electron chi connectivity index (χ3n) is 2.81. The summed E-state index contributed by atoms with van der Waals surface area (Å²) in [7, 11) is -3.60. The van der Waals surface area contributed by atoms with Gasteiger partial charge in [0.05, 0.1) is 4.92 Å². The highest BCUT2D eigenvalue weighted by Crippen LogP contribution is 2.42. The summed E-state index contributed by atoms with van der Waals surface area (Å²) in [5, 5.41) is 19.0. The number of benzene rings is 1. The van der Waals surface area contributed by atoms with Crippen LogP contribution in [-0.2, 0) is 9.84 Å². The van der Waals surface area contributed by atoms with Crippen molar-refractivity contribution in [2.45, 2.75) is 18.5 Å². The van der Waals surface area contributed by atoms with Crippen molar-refractivity contribution in [1.29, 1.82) is 0 Å². The number of aliphatic hydroxyl groups excluding tert-OH is 1. The lowest BCUT2D eigenvalue weighted by Gasteiger charge is -2.12. The highest BCUT2D eigenvalue weighted by molar-refractivity contribution is 7.91. The molecular formula is C10H11NO6S. The Balaban J connectivity index is 2.56. The molecule has 0 aromatic heterocycles. The number of nitro benzene ring substituents is 1. The molecule has 7 nitrogen and oxygen atoms in total. The molecule has 0 unspecified atom stereocenters. The molecule has 0 bridgehead atoms. The van der Waals surface area contributed by atoms with Crippen LogP contribution in [0.25, 0.3) is 0 Å². The molecule has 2 atom stereocenters. The molecule has 1 heterocycles. The molecule has 0 spiro atoms. The smallest absolute Gasteiger partial charge is 0.270 e. The second-order valence-corrected chi connectivity index (χ2v) is 6.27. The molecular weight excluding hydrogens is 262 g/mol. The van der Waals surface area contributed by atoms with Crippen LogP contribution in [0.2, 0.25) is 0 Å². The molecule has 1 aromatic carbocycles. The molecule has 1 aromatic rings. The van der Waals surface area contributed by atoms with Gasteiger partial charge in [0.25, 0.3) is 5.69 Å². The lowest BCUT2D eigenvalue weighted by molar-refractivity contribution is -0.384. The molecule has 1 N–H and O–H groups in total. The summed E-state index contributed by atoms with van der Waals surface area (Å²) in [4.78, 5) is 10.0. The first kappa shape index (κ1) is 12.8. The van der Waals surface area contributed by atoms with Gasteiger partial charge in [0.1, 0.15) is 5.75 Å². The van der Waals surface area contributed by atoms with Crippen molar-refractivity contribution in [3.8, 4) is 5.75 Å². The van der Waals surface area contributed by atoms with Gasteiger partial charge >= 0.3 is 0 Å². The second-order valence-electron chi connectivity index (χ2n) is 3.86. The molecule has 0 saturated carbocycles. The number of fused-ring (bicyclic) bond motifs is 1. The zero-order valence-electron chi connectivity index (χ0n) is 9.44. The van der Waals surface area contributed by atoms with Gasteiger partial charge in [-0.15, -0.1) is 0 Å². The van der Waals surface area contributed by atoms with Crippen LogP contribution in [0.15, 0.2) is 18.2 Å². The van der Waals surface area contributed by atoms with Crippen LogP contribution < -0.4 is 4.74 Å². The van der Waals surface area contributed by atoms with E-state index in [1.807, 2.05) is 0 Å². The quantitative estimate of drug-likeness (QED) is 0.644. The van der Waals surface area contributed by atoms with Crippen molar-refractivity contribution in [2.75, 3.05) is 5.75 Å². The van der Waals surface area contributed by atoms with E-state index < -0.39 is 26.3 Å². The van der Waals surface area contributed by atoms with E-state index in [0.717, 1.165) is 6.07 Å². The van der Waals surface area contributed by atoms with Crippen molar-refractivity contribution in [3.05, 3.63) is 33.9 Å². The lowest BCUT2D eigenvalue weighted by atomic mass is 10.1. The third kappa shape index (κ3) is 1.93. The number of non-ortho nitro benzene ring substituents is 1. The van der Waals surface area contributed by atoms with Crippen molar-refractivity contribution >= 4 is 15.5 Å². The van der Waals surface area contributed by atoms with E-state index in [4.69, 9.17) is 4.74 Å². The third-order valence-corrected chi connectivity index (χ3v) is 4.87. The molecule has 0 amide bonds. The number of sulfone groups is 1. The number of aliphatic hydroxyl groups is 1. The summed E-state index contributed by atoms with van der Waals surface area (Å²) < 4.78 is 28.7. The summed E-state index contributed by atoms with van der Waals surface area (Å²) >= 11 is 0. The first-order chi connectivity index (χ1) is 8.36. The van der Waals surface area contributed by atoms with Gasteiger partial charge < -0.3 is 9.84 Å². The number of nitrogens with zero attached hydrogens (tertiary/aromatic N) is 1. The fourth-order valence-electron chi connectivity index (χ4n) is 1.87. The van der Waals surface area contributed by atoms with E-state index in [1.165, 1.54) is 19.1 Å². The highest BCUT2D eigenvalue weighted by Gasteiger charge is 2.42. The maximum atomic E-state index is 11.8. The Morgan fingerprint density at radius 2 is 2.17 bits per heavy atom. The van der Waals surface area contributed by atoms with Gasteiger partial charge in [-0.2, -0.15) is 0 Å². The van der Waals surface area contributed by atoms with E-state index in [1.54, 1.807) is 0 Å². The Morgan fingerprint density at radius 3 is 2.72 bits per heavy atom. The molecule has 0 saturated heterocycles. The topological polar surface area (TPSA) is 107 Å². The summed E-state index contributed by atoms with van der Waals surface area (Å²) in [5.74, 6) is -0.0182. The van der Waals surface area contributed by atoms with E-state index in [9.17, 15) is 23.6 Å². The predicted octanol–water partition coefficient (Wildman–Crippen LogP) is 0.781. The first-order valence-electron chi connectivity index (χ1n) is 5.21. The fraction of sp³-hybridized carbons (Fsp3) is 0.400. The van der Waals surface area contributed by atoms with Crippen molar-refractivity contribution in [1.82, 2.24) is 0 Å². The van der Waals surface area contributed by atoms with Crippen LogP contribution in [0.3, 0.4) is 0 Å².